The van der Waals surface area contributed by atoms with E-state index in [9.17, 15) is 0 Å². The Bertz CT molecular complexity index is 3990. The third-order valence-electron chi connectivity index (χ3n) is 14.5. The second kappa shape index (κ2) is 15.0. The minimum Gasteiger partial charge on any atom is -0.309 e. The minimum absolute atomic E-state index is 0.178. The van der Waals surface area contributed by atoms with Crippen LogP contribution in [0.1, 0.15) is 41.0 Å². The molecule has 1 atom stereocenters. The van der Waals surface area contributed by atoms with Crippen LogP contribution in [0.15, 0.2) is 223 Å². The Morgan fingerprint density at radius 3 is 1.55 bits per heavy atom. The Morgan fingerprint density at radius 2 is 0.910 bits per heavy atom. The quantitative estimate of drug-likeness (QED) is 0.165. The number of nitrogens with zero attached hydrogens (tertiary/aromatic N) is 4. The van der Waals surface area contributed by atoms with Crippen molar-refractivity contribution in [2.24, 2.45) is 4.99 Å². The maximum atomic E-state index is 5.83. The van der Waals surface area contributed by atoms with Crippen molar-refractivity contribution in [3.05, 3.63) is 241 Å². The van der Waals surface area contributed by atoms with Crippen molar-refractivity contribution in [2.45, 2.75) is 25.2 Å². The van der Waals surface area contributed by atoms with Gasteiger partial charge in [0.2, 0.25) is 0 Å². The fourth-order valence-corrected chi connectivity index (χ4v) is 11.5. The molecule has 316 valence electrons. The summed E-state index contributed by atoms with van der Waals surface area (Å²) in [4.78, 5) is 5.83. The van der Waals surface area contributed by atoms with Gasteiger partial charge in [0.25, 0.3) is 0 Å². The van der Waals surface area contributed by atoms with Gasteiger partial charge in [0, 0.05) is 67.6 Å². The molecule has 0 saturated heterocycles. The smallest absolute Gasteiger partial charge is 0.141 e. The van der Waals surface area contributed by atoms with Crippen LogP contribution in [0.2, 0.25) is 0 Å². The molecule has 67 heavy (non-hydrogen) atoms. The summed E-state index contributed by atoms with van der Waals surface area (Å²) in [5.74, 6) is 1.25. The Balaban J connectivity index is 0.960. The summed E-state index contributed by atoms with van der Waals surface area (Å²) in [6, 6.07) is 80.0. The van der Waals surface area contributed by atoms with E-state index < -0.39 is 0 Å². The van der Waals surface area contributed by atoms with Gasteiger partial charge in [-0.15, -0.1) is 0 Å². The molecule has 4 heteroatoms. The van der Waals surface area contributed by atoms with E-state index in [1.165, 1.54) is 111 Å². The average Bonchev–Trinajstić information content (AvgIpc) is 3.96. The molecule has 0 spiro atoms. The molecule has 0 bridgehead atoms. The molecule has 1 unspecified atom stereocenters. The van der Waals surface area contributed by atoms with Crippen molar-refractivity contribution in [2.75, 3.05) is 0 Å². The molecule has 0 N–H and O–H groups in total. The predicted molar refractivity (Wildman–Crippen MR) is 281 cm³/mol. The van der Waals surface area contributed by atoms with Gasteiger partial charge < -0.3 is 9.13 Å². The summed E-state index contributed by atoms with van der Waals surface area (Å²) in [6.45, 7) is 0. The number of rotatable bonds is 5. The van der Waals surface area contributed by atoms with Gasteiger partial charge in [-0.25, -0.2) is 4.99 Å². The number of hydrogen-bond acceptors (Lipinski definition) is 1. The van der Waals surface area contributed by atoms with Crippen molar-refractivity contribution in [1.29, 1.82) is 0 Å². The second-order valence-electron chi connectivity index (χ2n) is 18.2. The first kappa shape index (κ1) is 37.9. The van der Waals surface area contributed by atoms with Crippen LogP contribution in [0.25, 0.3) is 94.4 Å². The van der Waals surface area contributed by atoms with E-state index in [0.717, 1.165) is 30.8 Å². The monoisotopic (exact) mass is 856 g/mol. The van der Waals surface area contributed by atoms with Gasteiger partial charge in [0.15, 0.2) is 0 Å². The van der Waals surface area contributed by atoms with Crippen LogP contribution in [0.5, 0.6) is 0 Å². The van der Waals surface area contributed by atoms with E-state index >= 15 is 0 Å². The van der Waals surface area contributed by atoms with Crippen molar-refractivity contribution < 1.29 is 0 Å². The fraction of sp³-hybridized carbons (Fsp3) is 0.0635. The number of aryl methyl sites for hydroxylation is 1. The predicted octanol–water partition coefficient (Wildman–Crippen LogP) is 16.2. The van der Waals surface area contributed by atoms with Gasteiger partial charge in [0.05, 0.1) is 27.6 Å². The van der Waals surface area contributed by atoms with Crippen LogP contribution in [-0.2, 0) is 6.42 Å². The normalized spacial score (nSPS) is 15.3. The number of para-hydroxylation sites is 6. The van der Waals surface area contributed by atoms with E-state index in [2.05, 4.69) is 238 Å². The van der Waals surface area contributed by atoms with Gasteiger partial charge in [-0.05, 0) is 131 Å². The Labute approximate surface area is 388 Å². The minimum atomic E-state index is 0.178. The molecule has 14 rings (SSSR count). The summed E-state index contributed by atoms with van der Waals surface area (Å²) >= 11 is 0. The Morgan fingerprint density at radius 1 is 0.418 bits per heavy atom. The summed E-state index contributed by atoms with van der Waals surface area (Å²) in [5, 5.41) is 6.33. The summed E-state index contributed by atoms with van der Waals surface area (Å²) < 4.78 is 7.18. The van der Waals surface area contributed by atoms with Crippen molar-refractivity contribution in [3.8, 4) is 28.2 Å². The highest BCUT2D eigenvalue weighted by molar-refractivity contribution is 6.13. The second-order valence-corrected chi connectivity index (χ2v) is 18.2. The zero-order valence-corrected chi connectivity index (χ0v) is 36.8. The zero-order chi connectivity index (χ0) is 44.0. The van der Waals surface area contributed by atoms with E-state index in [4.69, 9.17) is 4.99 Å². The summed E-state index contributed by atoms with van der Waals surface area (Å²) in [7, 11) is 0. The van der Waals surface area contributed by atoms with Gasteiger partial charge in [0.1, 0.15) is 5.82 Å². The summed E-state index contributed by atoms with van der Waals surface area (Å²) in [6.07, 6.45) is 5.16. The number of fused-ring (bicyclic) bond motifs is 12. The Kier molecular flexibility index (Phi) is 8.50. The molecule has 0 fully saturated rings. The van der Waals surface area contributed by atoms with Crippen LogP contribution in [0.3, 0.4) is 0 Å². The van der Waals surface area contributed by atoms with Crippen LogP contribution in [0, 0.1) is 0 Å². The number of hydrogen-bond donors (Lipinski definition) is 0. The largest absolute Gasteiger partial charge is 0.309 e. The SMILES string of the molecule is C(=C1\CC2=Nc3c(c4ccccc4n3-c3ccccc3)CCC2c2cc(-c3ccc4c(c3)c3ccccc3n4-c3ccccc3)ccc21)/c1ccc2c(c1)c1ccccc1n2-c1ccccc1. The molecule has 0 amide bonds. The first-order valence-electron chi connectivity index (χ1n) is 23.5. The molecular formula is C63H44N4. The highest BCUT2D eigenvalue weighted by atomic mass is 15.1. The summed E-state index contributed by atoms with van der Waals surface area (Å²) in [5.41, 5.74) is 19.8. The van der Waals surface area contributed by atoms with Gasteiger partial charge in [-0.1, -0.05) is 140 Å². The highest BCUT2D eigenvalue weighted by Gasteiger charge is 2.33. The number of allylic oxidation sites excluding steroid dienone is 1. The van der Waals surface area contributed by atoms with Crippen molar-refractivity contribution in [1.82, 2.24) is 13.7 Å². The molecule has 3 aromatic heterocycles. The molecule has 1 aliphatic heterocycles. The maximum absolute atomic E-state index is 5.83. The topological polar surface area (TPSA) is 27.1 Å². The first-order valence-corrected chi connectivity index (χ1v) is 23.5. The maximum Gasteiger partial charge on any atom is 0.141 e. The average molecular weight is 857 g/mol. The molecule has 4 nitrogen and oxygen atoms in total. The lowest BCUT2D eigenvalue weighted by Gasteiger charge is -2.29. The lowest BCUT2D eigenvalue weighted by Crippen LogP contribution is -2.20. The zero-order valence-electron chi connectivity index (χ0n) is 36.8. The van der Waals surface area contributed by atoms with Crippen LogP contribution in [-0.4, -0.2) is 19.4 Å². The first-order chi connectivity index (χ1) is 33.2. The third kappa shape index (κ3) is 5.96. The lowest BCUT2D eigenvalue weighted by atomic mass is 9.75. The molecule has 1 aliphatic carbocycles. The third-order valence-corrected chi connectivity index (χ3v) is 14.5. The molecule has 9 aromatic carbocycles. The highest BCUT2D eigenvalue weighted by Crippen LogP contribution is 2.48. The van der Waals surface area contributed by atoms with E-state index in [-0.39, 0.29) is 5.92 Å². The number of benzene rings is 9. The van der Waals surface area contributed by atoms with Gasteiger partial charge in [-0.3, -0.25) is 4.57 Å². The van der Waals surface area contributed by atoms with Crippen LogP contribution < -0.4 is 0 Å². The van der Waals surface area contributed by atoms with Crippen molar-refractivity contribution in [3.63, 3.8) is 0 Å². The van der Waals surface area contributed by atoms with E-state index in [0.29, 0.717) is 0 Å². The molecule has 0 saturated carbocycles. The molecule has 2 aliphatic rings. The van der Waals surface area contributed by atoms with E-state index in [1.807, 2.05) is 0 Å². The molecule has 12 aromatic rings. The lowest BCUT2D eigenvalue weighted by molar-refractivity contribution is 0.763. The van der Waals surface area contributed by atoms with Gasteiger partial charge >= 0.3 is 0 Å². The van der Waals surface area contributed by atoms with Crippen molar-refractivity contribution >= 4 is 77.7 Å². The fourth-order valence-electron chi connectivity index (χ4n) is 11.5. The van der Waals surface area contributed by atoms with Crippen LogP contribution >= 0.6 is 0 Å². The number of aliphatic imine (C=N–C) groups is 1. The molecule has 0 radical (unpaired) electrons. The Hall–Kier alpha value is -8.47. The number of aromatic nitrogens is 3. The molecular weight excluding hydrogens is 813 g/mol. The molecule has 4 heterocycles. The van der Waals surface area contributed by atoms with Crippen LogP contribution in [0.4, 0.5) is 5.82 Å². The van der Waals surface area contributed by atoms with E-state index in [1.54, 1.807) is 0 Å². The standard InChI is InChI=1S/C63H44N4/c1-4-16-45(17-5-1)65-58-25-13-11-23-51(58)55-37-41(28-34-61(55)65)36-44-40-57-49(32-33-53-50-22-10-15-27-60(50)67(63(53)64-57)47-20-8-3-9-21-47)54-38-42(29-31-48(44)54)43-30-35-62-56(39-43)52-24-12-14-26-59(52)66(62)46-18-6-2-7-19-46/h1-31,34-39,49H,32-33,40H2/b44-36-. The van der Waals surface area contributed by atoms with Gasteiger partial charge in [-0.2, -0.15) is 0 Å².